The Hall–Kier alpha value is -1.20. The second kappa shape index (κ2) is 4.98. The van der Waals surface area contributed by atoms with E-state index in [0.29, 0.717) is 0 Å². The van der Waals surface area contributed by atoms with Crippen LogP contribution in [0.3, 0.4) is 0 Å². The molecule has 94 valence electrons. The first-order valence-corrected chi connectivity index (χ1v) is 5.72. The fourth-order valence-corrected chi connectivity index (χ4v) is 2.24. The Morgan fingerprint density at radius 2 is 1.94 bits per heavy atom. The van der Waals surface area contributed by atoms with Crippen LogP contribution < -0.4 is 5.32 Å². The number of halogens is 2. The highest BCUT2D eigenvalue weighted by Gasteiger charge is 2.23. The Morgan fingerprint density at radius 1 is 1.29 bits per heavy atom. The topological polar surface area (TPSA) is 35.5 Å². The normalized spacial score (nSPS) is 19.2. The standard InChI is InChI=1S/C12H16F2N2O/c1-8(16-4-2-15-3-5-16)12-10(14)6-9(13)7-11(12)17/h6-8,15,17H,2-5H2,1H3/t8-/m0/s1. The molecule has 1 atom stereocenters. The van der Waals surface area contributed by atoms with Crippen LogP contribution in [-0.2, 0) is 0 Å². The van der Waals surface area contributed by atoms with Gasteiger partial charge in [0, 0.05) is 49.9 Å². The molecule has 1 heterocycles. The molecule has 3 nitrogen and oxygen atoms in total. The van der Waals surface area contributed by atoms with Gasteiger partial charge in [0.05, 0.1) is 0 Å². The van der Waals surface area contributed by atoms with Crippen molar-refractivity contribution in [2.45, 2.75) is 13.0 Å². The lowest BCUT2D eigenvalue weighted by atomic mass is 10.0. The molecule has 0 radical (unpaired) electrons. The van der Waals surface area contributed by atoms with E-state index in [1.54, 1.807) is 0 Å². The van der Waals surface area contributed by atoms with E-state index in [9.17, 15) is 13.9 Å². The van der Waals surface area contributed by atoms with Gasteiger partial charge in [-0.25, -0.2) is 8.78 Å². The molecular weight excluding hydrogens is 226 g/mol. The quantitative estimate of drug-likeness (QED) is 0.827. The molecule has 17 heavy (non-hydrogen) atoms. The van der Waals surface area contributed by atoms with Gasteiger partial charge in [0.25, 0.3) is 0 Å². The van der Waals surface area contributed by atoms with Crippen LogP contribution in [0, 0.1) is 11.6 Å². The number of hydrogen-bond donors (Lipinski definition) is 2. The summed E-state index contributed by atoms with van der Waals surface area (Å²) in [6.45, 7) is 5.08. The molecule has 1 aliphatic heterocycles. The van der Waals surface area contributed by atoms with Crippen LogP contribution in [0.5, 0.6) is 5.75 Å². The van der Waals surface area contributed by atoms with Gasteiger partial charge in [0.2, 0.25) is 0 Å². The van der Waals surface area contributed by atoms with E-state index < -0.39 is 11.6 Å². The van der Waals surface area contributed by atoms with Crippen LogP contribution in [0.4, 0.5) is 8.78 Å². The first-order valence-electron chi connectivity index (χ1n) is 5.72. The largest absolute Gasteiger partial charge is 0.507 e. The van der Waals surface area contributed by atoms with Crippen molar-refractivity contribution in [1.29, 1.82) is 0 Å². The maximum atomic E-state index is 13.7. The molecule has 0 aromatic heterocycles. The van der Waals surface area contributed by atoms with Gasteiger partial charge in [0.1, 0.15) is 17.4 Å². The van der Waals surface area contributed by atoms with Crippen LogP contribution in [-0.4, -0.2) is 36.2 Å². The summed E-state index contributed by atoms with van der Waals surface area (Å²) in [6, 6.07) is 1.52. The highest BCUT2D eigenvalue weighted by Crippen LogP contribution is 2.31. The van der Waals surface area contributed by atoms with Crippen molar-refractivity contribution >= 4 is 0 Å². The fourth-order valence-electron chi connectivity index (χ4n) is 2.24. The lowest BCUT2D eigenvalue weighted by molar-refractivity contribution is 0.179. The Kier molecular flexibility index (Phi) is 3.59. The summed E-state index contributed by atoms with van der Waals surface area (Å²) in [7, 11) is 0. The summed E-state index contributed by atoms with van der Waals surface area (Å²) in [4.78, 5) is 2.06. The van der Waals surface area contributed by atoms with Crippen LogP contribution in [0.25, 0.3) is 0 Å². The SMILES string of the molecule is C[C@@H](c1c(O)cc(F)cc1F)N1CCNCC1. The summed E-state index contributed by atoms with van der Waals surface area (Å²) in [5.41, 5.74) is 0.174. The average molecular weight is 242 g/mol. The Morgan fingerprint density at radius 3 is 2.53 bits per heavy atom. The minimum Gasteiger partial charge on any atom is -0.507 e. The van der Waals surface area contributed by atoms with Crippen LogP contribution in [0.15, 0.2) is 12.1 Å². The fraction of sp³-hybridized carbons (Fsp3) is 0.500. The van der Waals surface area contributed by atoms with E-state index in [1.807, 2.05) is 6.92 Å². The van der Waals surface area contributed by atoms with Crippen LogP contribution >= 0.6 is 0 Å². The molecule has 0 bridgehead atoms. The first-order chi connectivity index (χ1) is 8.09. The van der Waals surface area contributed by atoms with Crippen LogP contribution in [0.2, 0.25) is 0 Å². The van der Waals surface area contributed by atoms with Crippen molar-refractivity contribution in [2.24, 2.45) is 0 Å². The number of benzene rings is 1. The summed E-state index contributed by atoms with van der Waals surface area (Å²) < 4.78 is 26.6. The molecule has 0 spiro atoms. The smallest absolute Gasteiger partial charge is 0.134 e. The lowest BCUT2D eigenvalue weighted by Crippen LogP contribution is -2.44. The molecule has 1 saturated heterocycles. The third-order valence-electron chi connectivity index (χ3n) is 3.19. The van der Waals surface area contributed by atoms with Gasteiger partial charge in [-0.05, 0) is 6.92 Å². The van der Waals surface area contributed by atoms with E-state index >= 15 is 0 Å². The second-order valence-corrected chi connectivity index (χ2v) is 4.28. The van der Waals surface area contributed by atoms with Crippen LogP contribution in [0.1, 0.15) is 18.5 Å². The number of nitrogens with one attached hydrogen (secondary N) is 1. The number of rotatable bonds is 2. The minimum absolute atomic E-state index is 0.174. The van der Waals surface area contributed by atoms with Crippen molar-refractivity contribution in [3.63, 3.8) is 0 Å². The Labute approximate surface area is 99.1 Å². The Bertz CT molecular complexity index is 382. The number of phenolic OH excluding ortho intramolecular Hbond substituents is 1. The van der Waals surface area contributed by atoms with E-state index in [-0.39, 0.29) is 17.4 Å². The molecule has 1 aliphatic rings. The van der Waals surface area contributed by atoms with Gasteiger partial charge in [-0.3, -0.25) is 4.90 Å². The second-order valence-electron chi connectivity index (χ2n) is 4.28. The van der Waals surface area contributed by atoms with Gasteiger partial charge >= 0.3 is 0 Å². The molecule has 0 saturated carbocycles. The Balaban J connectivity index is 2.26. The van der Waals surface area contributed by atoms with Crippen molar-refractivity contribution in [3.8, 4) is 5.75 Å². The van der Waals surface area contributed by atoms with E-state index in [1.165, 1.54) is 0 Å². The molecule has 5 heteroatoms. The average Bonchev–Trinajstić information content (AvgIpc) is 2.28. The molecular formula is C12H16F2N2O. The zero-order valence-electron chi connectivity index (χ0n) is 9.71. The predicted molar refractivity (Wildman–Crippen MR) is 60.9 cm³/mol. The third kappa shape index (κ3) is 2.56. The summed E-state index contributed by atoms with van der Waals surface area (Å²) >= 11 is 0. The first kappa shape index (κ1) is 12.3. The van der Waals surface area contributed by atoms with Gasteiger partial charge < -0.3 is 10.4 Å². The van der Waals surface area contributed by atoms with Crippen molar-refractivity contribution < 1.29 is 13.9 Å². The number of piperazine rings is 1. The molecule has 0 unspecified atom stereocenters. The number of nitrogens with zero attached hydrogens (tertiary/aromatic N) is 1. The molecule has 0 aliphatic carbocycles. The van der Waals surface area contributed by atoms with E-state index in [2.05, 4.69) is 10.2 Å². The molecule has 1 aromatic rings. The molecule has 0 amide bonds. The number of phenols is 1. The lowest BCUT2D eigenvalue weighted by Gasteiger charge is -2.33. The third-order valence-corrected chi connectivity index (χ3v) is 3.19. The molecule has 2 N–H and O–H groups in total. The zero-order chi connectivity index (χ0) is 12.4. The number of hydrogen-bond acceptors (Lipinski definition) is 3. The maximum Gasteiger partial charge on any atom is 0.134 e. The monoisotopic (exact) mass is 242 g/mol. The summed E-state index contributed by atoms with van der Waals surface area (Å²) in [5.74, 6) is -1.75. The predicted octanol–water partition coefficient (Wildman–Crippen LogP) is 1.64. The highest BCUT2D eigenvalue weighted by molar-refractivity contribution is 5.36. The van der Waals surface area contributed by atoms with Gasteiger partial charge in [-0.1, -0.05) is 0 Å². The summed E-state index contributed by atoms with van der Waals surface area (Å²) in [5, 5.41) is 12.9. The maximum absolute atomic E-state index is 13.7. The molecule has 1 fully saturated rings. The molecule has 1 aromatic carbocycles. The van der Waals surface area contributed by atoms with Gasteiger partial charge in [0.15, 0.2) is 0 Å². The minimum atomic E-state index is -0.753. The van der Waals surface area contributed by atoms with Gasteiger partial charge in [-0.15, -0.1) is 0 Å². The number of aromatic hydroxyl groups is 1. The van der Waals surface area contributed by atoms with Gasteiger partial charge in [-0.2, -0.15) is 0 Å². The van der Waals surface area contributed by atoms with Crippen molar-refractivity contribution in [1.82, 2.24) is 10.2 Å². The van der Waals surface area contributed by atoms with E-state index in [4.69, 9.17) is 0 Å². The summed E-state index contributed by atoms with van der Waals surface area (Å²) in [6.07, 6.45) is 0. The van der Waals surface area contributed by atoms with Crippen molar-refractivity contribution in [3.05, 3.63) is 29.3 Å². The molecule has 2 rings (SSSR count). The van der Waals surface area contributed by atoms with E-state index in [0.717, 1.165) is 38.3 Å². The zero-order valence-corrected chi connectivity index (χ0v) is 9.71. The van der Waals surface area contributed by atoms with Crippen molar-refractivity contribution in [2.75, 3.05) is 26.2 Å². The highest BCUT2D eigenvalue weighted by atomic mass is 19.1.